The van der Waals surface area contributed by atoms with Gasteiger partial charge in [-0.3, -0.25) is 0 Å². The fourth-order valence-electron chi connectivity index (χ4n) is 2.04. The van der Waals surface area contributed by atoms with E-state index in [1.54, 1.807) is 0 Å². The lowest BCUT2D eigenvalue weighted by Gasteiger charge is -2.21. The molecule has 1 aliphatic rings. The fraction of sp³-hybridized carbons (Fsp3) is 0.667. The zero-order valence-electron chi connectivity index (χ0n) is 10.3. The first kappa shape index (κ1) is 12.6. The number of halogens is 1. The molecule has 0 bridgehead atoms. The molecule has 0 radical (unpaired) electrons. The first-order chi connectivity index (χ1) is 8.29. The van der Waals surface area contributed by atoms with Crippen LogP contribution in [0.4, 0.5) is 5.82 Å². The molecule has 0 aromatic carbocycles. The van der Waals surface area contributed by atoms with E-state index in [2.05, 4.69) is 27.0 Å². The summed E-state index contributed by atoms with van der Waals surface area (Å²) in [5.74, 6) is 1.34. The molecular weight excluding hydrogens is 236 g/mol. The molecule has 2 rings (SSSR count). The van der Waals surface area contributed by atoms with E-state index >= 15 is 0 Å². The number of likely N-dealkylation sites (N-methyl/N-ethyl adjacent to an activating group) is 1. The molecule has 1 aromatic rings. The zero-order valence-corrected chi connectivity index (χ0v) is 11.0. The van der Waals surface area contributed by atoms with E-state index in [0.717, 1.165) is 24.6 Å². The summed E-state index contributed by atoms with van der Waals surface area (Å²) in [6.07, 6.45) is 2.68. The van der Waals surface area contributed by atoms with Crippen LogP contribution in [-0.4, -0.2) is 48.3 Å². The van der Waals surface area contributed by atoms with E-state index in [9.17, 15) is 0 Å². The van der Waals surface area contributed by atoms with Crippen molar-refractivity contribution in [1.82, 2.24) is 15.1 Å². The molecule has 17 heavy (non-hydrogen) atoms. The average Bonchev–Trinajstić information content (AvgIpc) is 2.89. The first-order valence-electron chi connectivity index (χ1n) is 6.11. The highest BCUT2D eigenvalue weighted by Gasteiger charge is 2.12. The largest absolute Gasteiger partial charge is 0.357 e. The minimum Gasteiger partial charge on any atom is -0.357 e. The summed E-state index contributed by atoms with van der Waals surface area (Å²) in [4.78, 5) is 4.64. The number of alkyl halides is 1. The number of hydrogen-bond donors (Lipinski definition) is 0. The summed E-state index contributed by atoms with van der Waals surface area (Å²) in [6.45, 7) is 4.58. The number of aromatic nitrogens is 2. The second-order valence-electron chi connectivity index (χ2n) is 4.49. The van der Waals surface area contributed by atoms with Crippen molar-refractivity contribution in [1.29, 1.82) is 0 Å². The standard InChI is InChI=1S/C12H19ClN4/c1-16(8-9-17-6-2-3-7-17)12-5-4-11(10-13)14-15-12/h4-5H,2-3,6-10H2,1H3. The van der Waals surface area contributed by atoms with E-state index in [-0.39, 0.29) is 0 Å². The molecule has 1 fully saturated rings. The Balaban J connectivity index is 1.83. The highest BCUT2D eigenvalue weighted by Crippen LogP contribution is 2.10. The second kappa shape index (κ2) is 6.17. The molecule has 5 heteroatoms. The number of likely N-dealkylation sites (tertiary alicyclic amines) is 1. The molecule has 1 aromatic heterocycles. The van der Waals surface area contributed by atoms with E-state index in [0.29, 0.717) is 5.88 Å². The van der Waals surface area contributed by atoms with Crippen LogP contribution in [0, 0.1) is 0 Å². The Morgan fingerprint density at radius 3 is 2.65 bits per heavy atom. The molecule has 0 spiro atoms. The summed E-state index contributed by atoms with van der Waals surface area (Å²) in [5, 5.41) is 8.23. The first-order valence-corrected chi connectivity index (χ1v) is 6.65. The molecule has 0 saturated carbocycles. The molecule has 1 saturated heterocycles. The highest BCUT2D eigenvalue weighted by atomic mass is 35.5. The van der Waals surface area contributed by atoms with Gasteiger partial charge in [-0.15, -0.1) is 16.7 Å². The Bertz CT molecular complexity index is 335. The third kappa shape index (κ3) is 3.54. The number of hydrogen-bond acceptors (Lipinski definition) is 4. The molecule has 94 valence electrons. The Morgan fingerprint density at radius 2 is 2.06 bits per heavy atom. The highest BCUT2D eigenvalue weighted by molar-refractivity contribution is 6.16. The molecule has 2 heterocycles. The molecule has 0 N–H and O–H groups in total. The minimum absolute atomic E-state index is 0.421. The molecule has 0 atom stereocenters. The van der Waals surface area contributed by atoms with Gasteiger partial charge < -0.3 is 9.80 Å². The van der Waals surface area contributed by atoms with Crippen LogP contribution in [0.5, 0.6) is 0 Å². The SMILES string of the molecule is CN(CCN1CCCC1)c1ccc(CCl)nn1. The van der Waals surface area contributed by atoms with Gasteiger partial charge in [0.25, 0.3) is 0 Å². The molecule has 1 aliphatic heterocycles. The lowest BCUT2D eigenvalue weighted by atomic mass is 10.4. The number of nitrogens with zero attached hydrogens (tertiary/aromatic N) is 4. The van der Waals surface area contributed by atoms with Crippen LogP contribution in [0.25, 0.3) is 0 Å². The average molecular weight is 255 g/mol. The Morgan fingerprint density at radius 1 is 1.29 bits per heavy atom. The van der Waals surface area contributed by atoms with Gasteiger partial charge in [-0.05, 0) is 38.1 Å². The fourth-order valence-corrected chi connectivity index (χ4v) is 2.18. The van der Waals surface area contributed by atoms with Crippen LogP contribution in [-0.2, 0) is 5.88 Å². The maximum atomic E-state index is 5.68. The molecular formula is C12H19ClN4. The summed E-state index contributed by atoms with van der Waals surface area (Å²) >= 11 is 5.68. The van der Waals surface area contributed by atoms with Crippen LogP contribution in [0.3, 0.4) is 0 Å². The van der Waals surface area contributed by atoms with Gasteiger partial charge in [0.05, 0.1) is 11.6 Å². The van der Waals surface area contributed by atoms with Crippen molar-refractivity contribution in [3.05, 3.63) is 17.8 Å². The topological polar surface area (TPSA) is 32.3 Å². The lowest BCUT2D eigenvalue weighted by molar-refractivity contribution is 0.346. The maximum Gasteiger partial charge on any atom is 0.151 e. The molecule has 0 unspecified atom stereocenters. The van der Waals surface area contributed by atoms with Crippen molar-refractivity contribution < 1.29 is 0 Å². The summed E-state index contributed by atoms with van der Waals surface area (Å²) in [6, 6.07) is 3.91. The van der Waals surface area contributed by atoms with Crippen molar-refractivity contribution in [3.63, 3.8) is 0 Å². The van der Waals surface area contributed by atoms with Crippen LogP contribution in [0.15, 0.2) is 12.1 Å². The summed E-state index contributed by atoms with van der Waals surface area (Å²) in [5.41, 5.74) is 0.823. The van der Waals surface area contributed by atoms with E-state index in [4.69, 9.17) is 11.6 Å². The maximum absolute atomic E-state index is 5.68. The molecule has 4 nitrogen and oxygen atoms in total. The summed E-state index contributed by atoms with van der Waals surface area (Å²) in [7, 11) is 2.06. The lowest BCUT2D eigenvalue weighted by Crippen LogP contribution is -2.31. The quantitative estimate of drug-likeness (QED) is 0.750. The van der Waals surface area contributed by atoms with Gasteiger partial charge in [-0.1, -0.05) is 0 Å². The van der Waals surface area contributed by atoms with Gasteiger partial charge in [-0.2, -0.15) is 5.10 Å². The number of rotatable bonds is 5. The van der Waals surface area contributed by atoms with Gasteiger partial charge in [0.1, 0.15) is 0 Å². The van der Waals surface area contributed by atoms with Crippen molar-refractivity contribution in [2.45, 2.75) is 18.7 Å². The van der Waals surface area contributed by atoms with Gasteiger partial charge in [0.15, 0.2) is 5.82 Å². The molecule has 0 aliphatic carbocycles. The van der Waals surface area contributed by atoms with Gasteiger partial charge in [0.2, 0.25) is 0 Å². The van der Waals surface area contributed by atoms with Crippen LogP contribution < -0.4 is 4.90 Å². The second-order valence-corrected chi connectivity index (χ2v) is 4.75. The van der Waals surface area contributed by atoms with Crippen molar-refractivity contribution in [2.24, 2.45) is 0 Å². The van der Waals surface area contributed by atoms with Crippen LogP contribution in [0.2, 0.25) is 0 Å². The Kier molecular flexibility index (Phi) is 4.57. The minimum atomic E-state index is 0.421. The van der Waals surface area contributed by atoms with Crippen LogP contribution >= 0.6 is 11.6 Å². The molecule has 0 amide bonds. The van der Waals surface area contributed by atoms with Gasteiger partial charge >= 0.3 is 0 Å². The van der Waals surface area contributed by atoms with E-state index < -0.39 is 0 Å². The van der Waals surface area contributed by atoms with Crippen molar-refractivity contribution >= 4 is 17.4 Å². The Labute approximate surface area is 108 Å². The van der Waals surface area contributed by atoms with Gasteiger partial charge in [0, 0.05) is 20.1 Å². The predicted molar refractivity (Wildman–Crippen MR) is 70.5 cm³/mol. The third-order valence-corrected chi connectivity index (χ3v) is 3.46. The number of anilines is 1. The zero-order chi connectivity index (χ0) is 12.1. The summed E-state index contributed by atoms with van der Waals surface area (Å²) < 4.78 is 0. The predicted octanol–water partition coefficient (Wildman–Crippen LogP) is 1.75. The Hall–Kier alpha value is -0.870. The smallest absolute Gasteiger partial charge is 0.151 e. The van der Waals surface area contributed by atoms with E-state index in [1.807, 2.05) is 12.1 Å². The normalized spacial score (nSPS) is 16.4. The van der Waals surface area contributed by atoms with Crippen molar-refractivity contribution in [2.75, 3.05) is 38.1 Å². The van der Waals surface area contributed by atoms with Crippen LogP contribution in [0.1, 0.15) is 18.5 Å². The monoisotopic (exact) mass is 254 g/mol. The van der Waals surface area contributed by atoms with Gasteiger partial charge in [-0.25, -0.2) is 0 Å². The third-order valence-electron chi connectivity index (χ3n) is 3.18. The van der Waals surface area contributed by atoms with Crippen molar-refractivity contribution in [3.8, 4) is 0 Å². The van der Waals surface area contributed by atoms with E-state index in [1.165, 1.54) is 25.9 Å².